The van der Waals surface area contributed by atoms with Crippen LogP contribution in [0.2, 0.25) is 0 Å². The zero-order valence-electron chi connectivity index (χ0n) is 5.96. The van der Waals surface area contributed by atoms with Gasteiger partial charge in [0.2, 0.25) is 0 Å². The normalized spacial score (nSPS) is 13.4. The lowest BCUT2D eigenvalue weighted by Crippen LogP contribution is -2.26. The third-order valence-electron chi connectivity index (χ3n) is 1.35. The van der Waals surface area contributed by atoms with Crippen molar-refractivity contribution in [2.75, 3.05) is 6.61 Å². The van der Waals surface area contributed by atoms with Gasteiger partial charge in [-0.2, -0.15) is 0 Å². The summed E-state index contributed by atoms with van der Waals surface area (Å²) in [5.41, 5.74) is 6.51. The highest BCUT2D eigenvalue weighted by atomic mass is 79.9. The van der Waals surface area contributed by atoms with E-state index in [1.165, 1.54) is 0 Å². The van der Waals surface area contributed by atoms with Gasteiger partial charge in [-0.3, -0.25) is 0 Å². The number of aliphatic hydroxyl groups is 1. The molecule has 0 aliphatic heterocycles. The van der Waals surface area contributed by atoms with E-state index in [0.29, 0.717) is 11.1 Å². The number of hydrogen-bond acceptors (Lipinski definition) is 3. The first-order chi connectivity index (χ1) is 5.22. The summed E-state index contributed by atoms with van der Waals surface area (Å²) in [5, 5.41) is 8.64. The molecule has 11 heavy (non-hydrogen) atoms. The van der Waals surface area contributed by atoms with E-state index < -0.39 is 0 Å². The van der Waals surface area contributed by atoms with E-state index in [4.69, 9.17) is 15.3 Å². The molecule has 0 spiro atoms. The lowest BCUT2D eigenvalue weighted by Gasteiger charge is -2.03. The summed E-state index contributed by atoms with van der Waals surface area (Å²) in [5.74, 6) is 0. The van der Waals surface area contributed by atoms with Gasteiger partial charge >= 0.3 is 0 Å². The maximum Gasteiger partial charge on any atom is 0.169 e. The minimum Gasteiger partial charge on any atom is -0.457 e. The first-order valence-corrected chi connectivity index (χ1v) is 4.11. The fourth-order valence-electron chi connectivity index (χ4n) is 0.820. The maximum absolute atomic E-state index is 8.64. The Hall–Kier alpha value is -0.320. The van der Waals surface area contributed by atoms with Gasteiger partial charge in [-0.25, -0.2) is 0 Å². The standard InChI is InChI=1S/C7H10BrNO2/c8-7-2-5(4-11-7)1-6(9)3-10/h2,4,6,10H,1,3,9H2. The molecule has 1 aromatic rings. The Kier molecular flexibility index (Phi) is 3.11. The molecule has 0 aromatic carbocycles. The topological polar surface area (TPSA) is 59.4 Å². The van der Waals surface area contributed by atoms with Crippen molar-refractivity contribution >= 4 is 15.9 Å². The Balaban J connectivity index is 2.50. The molecular weight excluding hydrogens is 210 g/mol. The molecular formula is C7H10BrNO2. The van der Waals surface area contributed by atoms with E-state index in [1.54, 1.807) is 6.26 Å². The van der Waals surface area contributed by atoms with Crippen molar-refractivity contribution in [2.24, 2.45) is 5.73 Å². The van der Waals surface area contributed by atoms with E-state index in [2.05, 4.69) is 15.9 Å². The molecule has 1 aromatic heterocycles. The minimum absolute atomic E-state index is 0.00278. The molecule has 3 N–H and O–H groups in total. The fraction of sp³-hybridized carbons (Fsp3) is 0.429. The van der Waals surface area contributed by atoms with Crippen LogP contribution in [-0.4, -0.2) is 17.8 Å². The van der Waals surface area contributed by atoms with E-state index in [-0.39, 0.29) is 12.6 Å². The van der Waals surface area contributed by atoms with Gasteiger partial charge < -0.3 is 15.3 Å². The molecule has 4 heteroatoms. The minimum atomic E-state index is -0.195. The summed E-state index contributed by atoms with van der Waals surface area (Å²) in [4.78, 5) is 0. The third-order valence-corrected chi connectivity index (χ3v) is 1.77. The van der Waals surface area contributed by atoms with E-state index in [9.17, 15) is 0 Å². The predicted octanol–water partition coefficient (Wildman–Crippen LogP) is 0.904. The lowest BCUT2D eigenvalue weighted by atomic mass is 10.1. The molecule has 0 fully saturated rings. The van der Waals surface area contributed by atoms with Crippen molar-refractivity contribution in [2.45, 2.75) is 12.5 Å². The second kappa shape index (κ2) is 3.90. The highest BCUT2D eigenvalue weighted by molar-refractivity contribution is 9.10. The van der Waals surface area contributed by atoms with Crippen LogP contribution in [-0.2, 0) is 6.42 Å². The molecule has 0 aliphatic carbocycles. The van der Waals surface area contributed by atoms with Crippen molar-refractivity contribution in [3.05, 3.63) is 22.6 Å². The number of hydrogen-bond donors (Lipinski definition) is 2. The van der Waals surface area contributed by atoms with Crippen molar-refractivity contribution in [1.82, 2.24) is 0 Å². The van der Waals surface area contributed by atoms with Gasteiger partial charge in [0.1, 0.15) is 0 Å². The number of aliphatic hydroxyl groups excluding tert-OH is 1. The highest BCUT2D eigenvalue weighted by Crippen LogP contribution is 2.14. The molecule has 0 radical (unpaired) electrons. The van der Waals surface area contributed by atoms with Crippen LogP contribution in [0.3, 0.4) is 0 Å². The Labute approximate surface area is 73.3 Å². The summed E-state index contributed by atoms with van der Waals surface area (Å²) in [6.45, 7) is 0.00278. The molecule has 1 atom stereocenters. The van der Waals surface area contributed by atoms with Gasteiger partial charge in [0.25, 0.3) is 0 Å². The maximum atomic E-state index is 8.64. The first-order valence-electron chi connectivity index (χ1n) is 3.31. The Morgan fingerprint density at radius 2 is 2.45 bits per heavy atom. The molecule has 1 rings (SSSR count). The highest BCUT2D eigenvalue weighted by Gasteiger charge is 2.04. The monoisotopic (exact) mass is 219 g/mol. The number of halogens is 1. The molecule has 62 valence electrons. The first kappa shape index (κ1) is 8.77. The van der Waals surface area contributed by atoms with Gasteiger partial charge in [-0.05, 0) is 34.0 Å². The number of nitrogens with two attached hydrogens (primary N) is 1. The second-order valence-electron chi connectivity index (χ2n) is 2.41. The van der Waals surface area contributed by atoms with Crippen molar-refractivity contribution in [3.8, 4) is 0 Å². The number of furan rings is 1. The van der Waals surface area contributed by atoms with Gasteiger partial charge in [0, 0.05) is 6.04 Å². The van der Waals surface area contributed by atoms with Crippen molar-refractivity contribution in [1.29, 1.82) is 0 Å². The Morgan fingerprint density at radius 1 is 1.73 bits per heavy atom. The second-order valence-corrected chi connectivity index (χ2v) is 3.19. The Bertz CT molecular complexity index is 224. The van der Waals surface area contributed by atoms with Crippen LogP contribution >= 0.6 is 15.9 Å². The molecule has 1 unspecified atom stereocenters. The zero-order valence-corrected chi connectivity index (χ0v) is 7.54. The molecule has 3 nitrogen and oxygen atoms in total. The summed E-state index contributed by atoms with van der Waals surface area (Å²) < 4.78 is 5.68. The van der Waals surface area contributed by atoms with Gasteiger partial charge in [-0.1, -0.05) is 0 Å². The van der Waals surface area contributed by atoms with Gasteiger partial charge in [0.05, 0.1) is 12.9 Å². The molecule has 0 saturated carbocycles. The summed E-state index contributed by atoms with van der Waals surface area (Å²) in [7, 11) is 0. The summed E-state index contributed by atoms with van der Waals surface area (Å²) >= 11 is 3.17. The molecule has 1 heterocycles. The molecule has 0 saturated heterocycles. The van der Waals surface area contributed by atoms with Crippen LogP contribution in [0.1, 0.15) is 5.56 Å². The van der Waals surface area contributed by atoms with Crippen LogP contribution < -0.4 is 5.73 Å². The van der Waals surface area contributed by atoms with Crippen LogP contribution in [0.4, 0.5) is 0 Å². The smallest absolute Gasteiger partial charge is 0.169 e. The quantitative estimate of drug-likeness (QED) is 0.795. The summed E-state index contributed by atoms with van der Waals surface area (Å²) in [6, 6.07) is 1.65. The van der Waals surface area contributed by atoms with E-state index >= 15 is 0 Å². The predicted molar refractivity (Wildman–Crippen MR) is 45.2 cm³/mol. The van der Waals surface area contributed by atoms with Gasteiger partial charge in [0.15, 0.2) is 4.67 Å². The fourth-order valence-corrected chi connectivity index (χ4v) is 1.21. The third kappa shape index (κ3) is 2.65. The molecule has 0 aliphatic rings. The molecule has 0 bridgehead atoms. The number of rotatable bonds is 3. The SMILES string of the molecule is NC(CO)Cc1coc(Br)c1. The average Bonchev–Trinajstić information content (AvgIpc) is 2.35. The van der Waals surface area contributed by atoms with Gasteiger partial charge in [-0.15, -0.1) is 0 Å². The van der Waals surface area contributed by atoms with Crippen LogP contribution in [0, 0.1) is 0 Å². The largest absolute Gasteiger partial charge is 0.457 e. The van der Waals surface area contributed by atoms with E-state index in [1.807, 2.05) is 6.07 Å². The van der Waals surface area contributed by atoms with Crippen molar-refractivity contribution in [3.63, 3.8) is 0 Å². The average molecular weight is 220 g/mol. The lowest BCUT2D eigenvalue weighted by molar-refractivity contribution is 0.265. The van der Waals surface area contributed by atoms with Crippen LogP contribution in [0.15, 0.2) is 21.4 Å². The van der Waals surface area contributed by atoms with E-state index in [0.717, 1.165) is 5.56 Å². The van der Waals surface area contributed by atoms with Crippen molar-refractivity contribution < 1.29 is 9.52 Å². The molecule has 0 amide bonds. The Morgan fingerprint density at radius 3 is 2.91 bits per heavy atom. The summed E-state index contributed by atoms with van der Waals surface area (Å²) in [6.07, 6.45) is 2.27. The van der Waals surface area contributed by atoms with Crippen LogP contribution in [0.5, 0.6) is 0 Å². The zero-order chi connectivity index (χ0) is 8.27. The van der Waals surface area contributed by atoms with Crippen LogP contribution in [0.25, 0.3) is 0 Å².